The van der Waals surface area contributed by atoms with Crippen molar-refractivity contribution in [3.63, 3.8) is 0 Å². The first-order valence-corrected chi connectivity index (χ1v) is 1.69. The van der Waals surface area contributed by atoms with E-state index in [9.17, 15) is 0 Å². The maximum Gasteiger partial charge on any atom is 1.00 e. The van der Waals surface area contributed by atoms with E-state index < -0.39 is 0 Å². The van der Waals surface area contributed by atoms with Crippen molar-refractivity contribution in [2.75, 3.05) is 0 Å². The van der Waals surface area contributed by atoms with E-state index in [-0.39, 0.29) is 29.6 Å². The van der Waals surface area contributed by atoms with Gasteiger partial charge in [-0.2, -0.15) is 5.82 Å². The van der Waals surface area contributed by atoms with E-state index in [1.165, 1.54) is 6.42 Å². The zero-order chi connectivity index (χ0) is 4.28. The largest absolute Gasteiger partial charge is 1.00 e. The van der Waals surface area contributed by atoms with Crippen LogP contribution in [-0.2, 0) is 0 Å². The Hall–Kier alpha value is 1.06. The molecule has 0 aromatic rings. The minimum absolute atomic E-state index is 0. The van der Waals surface area contributed by atoms with Gasteiger partial charge in [-0.25, -0.2) is 0 Å². The molecular weight excluding hydrogens is 81.8 g/mol. The maximum atomic E-state index is 2.33. The second-order valence-corrected chi connectivity index (χ2v) is 0.816. The van der Waals surface area contributed by atoms with Crippen LogP contribution < -0.4 is 29.6 Å². The molecular formula is C4H12BNa. The van der Waals surface area contributed by atoms with Gasteiger partial charge in [-0.1, -0.05) is 20.3 Å². The monoisotopic (exact) mass is 94.1 g/mol. The molecule has 0 nitrogen and oxygen atoms in total. The third-order valence-electron chi connectivity index (χ3n) is 0.408. The predicted octanol–water partition coefficient (Wildman–Crippen LogP) is -2.43. The molecule has 0 heterocycles. The minimum atomic E-state index is 0. The Bertz CT molecular complexity index is 21.5. The molecule has 0 aromatic carbocycles. The van der Waals surface area contributed by atoms with E-state index in [2.05, 4.69) is 13.8 Å². The van der Waals surface area contributed by atoms with E-state index in [1.807, 2.05) is 0 Å². The molecule has 0 aliphatic carbocycles. The van der Waals surface area contributed by atoms with Crippen LogP contribution in [0.1, 0.15) is 20.3 Å². The molecule has 0 saturated carbocycles. The van der Waals surface area contributed by atoms with Crippen LogP contribution in [0.5, 0.6) is 0 Å². The van der Waals surface area contributed by atoms with Crippen molar-refractivity contribution in [1.82, 2.24) is 0 Å². The van der Waals surface area contributed by atoms with Gasteiger partial charge < -0.3 is 0 Å². The molecule has 1 atom stereocenters. The van der Waals surface area contributed by atoms with Crippen LogP contribution in [0.25, 0.3) is 0 Å². The van der Waals surface area contributed by atoms with E-state index in [1.54, 1.807) is 0 Å². The molecule has 0 saturated heterocycles. The quantitative estimate of drug-likeness (QED) is 0.317. The first-order valence-electron chi connectivity index (χ1n) is 1.69. The Kier molecular flexibility index (Phi) is 10.2. The van der Waals surface area contributed by atoms with Crippen molar-refractivity contribution in [2.24, 2.45) is 0 Å². The van der Waals surface area contributed by atoms with Gasteiger partial charge in [0.25, 0.3) is 0 Å². The topological polar surface area (TPSA) is 0 Å². The Labute approximate surface area is 63.4 Å². The zero-order valence-electron chi connectivity index (χ0n) is 4.28. The normalized spacial score (nSPS) is 12.5. The van der Waals surface area contributed by atoms with Crippen LogP contribution in [0.15, 0.2) is 0 Å². The fourth-order valence-corrected chi connectivity index (χ4v) is 0. The van der Waals surface area contributed by atoms with Crippen LogP contribution in [0.3, 0.4) is 0 Å². The van der Waals surface area contributed by atoms with E-state index in [0.29, 0.717) is 7.85 Å². The molecule has 2 heteroatoms. The SMILES string of the molecule is [BH3-]C(C)CC.[Na+]. The summed E-state index contributed by atoms with van der Waals surface area (Å²) in [6, 6.07) is 0. The van der Waals surface area contributed by atoms with Crippen molar-refractivity contribution in [3.8, 4) is 0 Å². The van der Waals surface area contributed by atoms with E-state index >= 15 is 0 Å². The fraction of sp³-hybridized carbons (Fsp3) is 1.00. The summed E-state index contributed by atoms with van der Waals surface area (Å²) in [7, 11) is 0.688. The molecule has 0 aliphatic rings. The second kappa shape index (κ2) is 6.06. The van der Waals surface area contributed by atoms with Crippen LogP contribution in [0.4, 0.5) is 0 Å². The summed E-state index contributed by atoms with van der Waals surface area (Å²) in [4.78, 5) is 0. The van der Waals surface area contributed by atoms with Gasteiger partial charge in [0.15, 0.2) is 0 Å². The van der Waals surface area contributed by atoms with Crippen LogP contribution in [0.2, 0.25) is 5.82 Å². The smallest absolute Gasteiger partial charge is 0.179 e. The van der Waals surface area contributed by atoms with Gasteiger partial charge in [0.1, 0.15) is 0 Å². The maximum absolute atomic E-state index is 2.33. The van der Waals surface area contributed by atoms with Crippen molar-refractivity contribution in [1.29, 1.82) is 0 Å². The summed E-state index contributed by atoms with van der Waals surface area (Å²) >= 11 is 0. The summed E-state index contributed by atoms with van der Waals surface area (Å²) in [5.41, 5.74) is 0. The standard InChI is InChI=1S/C4H12B.Na/c1-3-4(2)5;/h4H,3H2,1-2,5H3;/q-1;+1. The van der Waals surface area contributed by atoms with Crippen LogP contribution in [0, 0.1) is 0 Å². The summed E-state index contributed by atoms with van der Waals surface area (Å²) < 4.78 is 0. The molecule has 0 rings (SSSR count). The Morgan fingerprint density at radius 1 is 1.67 bits per heavy atom. The van der Waals surface area contributed by atoms with Crippen molar-refractivity contribution in [3.05, 3.63) is 0 Å². The van der Waals surface area contributed by atoms with Gasteiger partial charge >= 0.3 is 29.6 Å². The third-order valence-corrected chi connectivity index (χ3v) is 0.408. The molecule has 0 radical (unpaired) electrons. The van der Waals surface area contributed by atoms with Gasteiger partial charge in [0, 0.05) is 0 Å². The molecule has 0 aromatic heterocycles. The Morgan fingerprint density at radius 3 is 1.83 bits per heavy atom. The Balaban J connectivity index is 0. The summed E-state index contributed by atoms with van der Waals surface area (Å²) in [5, 5.41) is 0. The second-order valence-electron chi connectivity index (χ2n) is 0.816. The van der Waals surface area contributed by atoms with Gasteiger partial charge in [-0.05, 0) is 7.85 Å². The van der Waals surface area contributed by atoms with Crippen molar-refractivity contribution in [2.45, 2.75) is 26.1 Å². The summed E-state index contributed by atoms with van der Waals surface area (Å²) in [6.07, 6.45) is 1.42. The molecule has 32 valence electrons. The average Bonchev–Trinajstić information content (AvgIpc) is 1.38. The van der Waals surface area contributed by atoms with Crippen molar-refractivity contribution >= 4 is 7.85 Å². The molecule has 0 fully saturated rings. The van der Waals surface area contributed by atoms with Gasteiger partial charge in [-0.15, -0.1) is 0 Å². The van der Waals surface area contributed by atoms with Crippen molar-refractivity contribution < 1.29 is 29.6 Å². The Morgan fingerprint density at radius 2 is 1.83 bits per heavy atom. The number of rotatable bonds is 1. The molecule has 0 amide bonds. The van der Waals surface area contributed by atoms with Gasteiger partial charge in [0.2, 0.25) is 0 Å². The molecule has 6 heavy (non-hydrogen) atoms. The first-order chi connectivity index (χ1) is 2.27. The van der Waals surface area contributed by atoms with Crippen LogP contribution in [-0.4, -0.2) is 7.85 Å². The molecule has 0 N–H and O–H groups in total. The predicted molar refractivity (Wildman–Crippen MR) is 29.7 cm³/mol. The minimum Gasteiger partial charge on any atom is -0.179 e. The number of hydrogen-bond donors (Lipinski definition) is 0. The van der Waals surface area contributed by atoms with E-state index in [4.69, 9.17) is 0 Å². The molecule has 0 spiro atoms. The zero-order valence-corrected chi connectivity index (χ0v) is 6.28. The van der Waals surface area contributed by atoms with Gasteiger partial charge in [0.05, 0.1) is 0 Å². The summed E-state index contributed by atoms with van der Waals surface area (Å²) in [6.45, 7) is 4.59. The number of hydrogen-bond acceptors (Lipinski definition) is 0. The molecule has 0 bridgehead atoms. The average molecular weight is 93.9 g/mol. The van der Waals surface area contributed by atoms with E-state index in [0.717, 1.165) is 5.82 Å². The van der Waals surface area contributed by atoms with Gasteiger partial charge in [-0.3, -0.25) is 0 Å². The third kappa shape index (κ3) is 8.91. The molecule has 1 unspecified atom stereocenters. The molecule has 0 aliphatic heterocycles. The first kappa shape index (κ1) is 10.1. The van der Waals surface area contributed by atoms with Crippen LogP contribution >= 0.6 is 0 Å². The summed E-state index contributed by atoms with van der Waals surface area (Å²) in [5.74, 6) is 1.13. The fourth-order valence-electron chi connectivity index (χ4n) is 0.